The average molecular weight is 575 g/mol. The van der Waals surface area contributed by atoms with E-state index < -0.39 is 10.0 Å². The number of hydrogen-bond acceptors (Lipinski definition) is 4. The van der Waals surface area contributed by atoms with Crippen molar-refractivity contribution in [3.8, 4) is 0 Å². The summed E-state index contributed by atoms with van der Waals surface area (Å²) in [5.74, 6) is -1.22. The van der Waals surface area contributed by atoms with Crippen LogP contribution in [-0.4, -0.2) is 37.6 Å². The molecule has 10 heteroatoms. The van der Waals surface area contributed by atoms with Gasteiger partial charge in [0.25, 0.3) is 5.91 Å². The second kappa shape index (κ2) is 12.3. The molecule has 7 nitrogen and oxygen atoms in total. The van der Waals surface area contributed by atoms with Crippen molar-refractivity contribution in [1.29, 1.82) is 0 Å². The highest BCUT2D eigenvalue weighted by atomic mass is 35.5. The van der Waals surface area contributed by atoms with Crippen molar-refractivity contribution >= 4 is 50.7 Å². The van der Waals surface area contributed by atoms with Gasteiger partial charge < -0.3 is 10.6 Å². The summed E-state index contributed by atoms with van der Waals surface area (Å²) in [6.07, 6.45) is 0.724. The summed E-state index contributed by atoms with van der Waals surface area (Å²) in [6, 6.07) is 21.1. The Labute approximate surface area is 233 Å². The van der Waals surface area contributed by atoms with Crippen LogP contribution in [0, 0.1) is 5.92 Å². The number of anilines is 1. The standard InChI is InChI=1S/C28H29Cl2N3O4S/c1-19(20-8-3-2-4-9-20)31-28(35)22-10-5-6-13-26(22)32-27(34)21-14-16-33(17-15-21)38(36,37)18-23-24(29)11-7-12-25(23)30/h2-13,19,21H,14-18H2,1H3,(H,31,35)(H,32,34). The summed E-state index contributed by atoms with van der Waals surface area (Å²) in [6.45, 7) is 2.31. The smallest absolute Gasteiger partial charge is 0.253 e. The lowest BCUT2D eigenvalue weighted by atomic mass is 9.97. The van der Waals surface area contributed by atoms with Gasteiger partial charge in [-0.2, -0.15) is 0 Å². The second-order valence-electron chi connectivity index (χ2n) is 9.27. The van der Waals surface area contributed by atoms with Crippen LogP contribution in [0.25, 0.3) is 0 Å². The van der Waals surface area contributed by atoms with Gasteiger partial charge in [-0.05, 0) is 49.6 Å². The number of hydrogen-bond donors (Lipinski definition) is 2. The summed E-state index contributed by atoms with van der Waals surface area (Å²) in [5, 5.41) is 6.46. The van der Waals surface area contributed by atoms with Crippen molar-refractivity contribution in [3.05, 3.63) is 99.5 Å². The van der Waals surface area contributed by atoms with Gasteiger partial charge in [0.15, 0.2) is 0 Å². The Kier molecular flexibility index (Phi) is 9.10. The third-order valence-corrected chi connectivity index (χ3v) is 9.20. The minimum Gasteiger partial charge on any atom is -0.345 e. The van der Waals surface area contributed by atoms with Crippen LogP contribution in [0.3, 0.4) is 0 Å². The fourth-order valence-corrected chi connectivity index (χ4v) is 6.78. The largest absolute Gasteiger partial charge is 0.345 e. The van der Waals surface area contributed by atoms with Crippen molar-refractivity contribution in [1.82, 2.24) is 9.62 Å². The van der Waals surface area contributed by atoms with Gasteiger partial charge in [-0.15, -0.1) is 0 Å². The number of amides is 2. The number of sulfonamides is 1. The van der Waals surface area contributed by atoms with Crippen molar-refractivity contribution in [2.75, 3.05) is 18.4 Å². The number of piperidine rings is 1. The third-order valence-electron chi connectivity index (χ3n) is 6.68. The maximum atomic E-state index is 13.1. The number of carbonyl (C=O) groups excluding carboxylic acids is 2. The van der Waals surface area contributed by atoms with E-state index in [0.717, 1.165) is 5.56 Å². The van der Waals surface area contributed by atoms with Gasteiger partial charge in [0, 0.05) is 34.6 Å². The molecule has 1 unspecified atom stereocenters. The van der Waals surface area contributed by atoms with Crippen molar-refractivity contribution in [2.24, 2.45) is 5.92 Å². The van der Waals surface area contributed by atoms with Crippen molar-refractivity contribution in [2.45, 2.75) is 31.6 Å². The molecule has 0 aliphatic carbocycles. The average Bonchev–Trinajstić information content (AvgIpc) is 2.91. The van der Waals surface area contributed by atoms with Crippen molar-refractivity contribution < 1.29 is 18.0 Å². The Bertz CT molecular complexity index is 1390. The topological polar surface area (TPSA) is 95.6 Å². The van der Waals surface area contributed by atoms with E-state index >= 15 is 0 Å². The molecule has 1 aliphatic heterocycles. The van der Waals surface area contributed by atoms with E-state index in [0.29, 0.717) is 39.7 Å². The lowest BCUT2D eigenvalue weighted by molar-refractivity contribution is -0.120. The number of rotatable bonds is 8. The molecule has 2 amide bonds. The summed E-state index contributed by atoms with van der Waals surface area (Å²) < 4.78 is 27.4. The predicted octanol–water partition coefficient (Wildman–Crippen LogP) is 5.66. The Morgan fingerprint density at radius 3 is 2.18 bits per heavy atom. The van der Waals surface area contributed by atoms with E-state index in [-0.39, 0.29) is 42.6 Å². The first-order chi connectivity index (χ1) is 18.2. The van der Waals surface area contributed by atoms with Crippen molar-refractivity contribution in [3.63, 3.8) is 0 Å². The second-order valence-corrected chi connectivity index (χ2v) is 12.1. The minimum absolute atomic E-state index is 0.208. The Balaban J connectivity index is 1.37. The van der Waals surface area contributed by atoms with Crippen LogP contribution < -0.4 is 10.6 Å². The molecule has 2 N–H and O–H groups in total. The number of benzene rings is 3. The Morgan fingerprint density at radius 2 is 1.53 bits per heavy atom. The van der Waals surface area contributed by atoms with Gasteiger partial charge in [-0.25, -0.2) is 12.7 Å². The first kappa shape index (κ1) is 28.1. The van der Waals surface area contributed by atoms with Crippen LogP contribution >= 0.6 is 23.2 Å². The van der Waals surface area contributed by atoms with Gasteiger partial charge in [0.2, 0.25) is 15.9 Å². The number of halogens is 2. The molecule has 0 saturated carbocycles. The highest BCUT2D eigenvalue weighted by molar-refractivity contribution is 7.88. The number of nitrogens with zero attached hydrogens (tertiary/aromatic N) is 1. The summed E-state index contributed by atoms with van der Waals surface area (Å²) in [4.78, 5) is 26.1. The van der Waals surface area contributed by atoms with Gasteiger partial charge >= 0.3 is 0 Å². The van der Waals surface area contributed by atoms with Gasteiger partial charge in [0.1, 0.15) is 0 Å². The minimum atomic E-state index is -3.66. The molecule has 200 valence electrons. The highest BCUT2D eigenvalue weighted by Gasteiger charge is 2.32. The molecule has 1 saturated heterocycles. The van der Waals surface area contributed by atoms with E-state index in [1.165, 1.54) is 4.31 Å². The molecule has 0 spiro atoms. The number of para-hydroxylation sites is 1. The van der Waals surface area contributed by atoms with Gasteiger partial charge in [0.05, 0.1) is 23.0 Å². The van der Waals surface area contributed by atoms with Crippen LogP contribution in [0.2, 0.25) is 10.0 Å². The lowest BCUT2D eigenvalue weighted by Crippen LogP contribution is -2.42. The molecule has 0 aromatic heterocycles. The van der Waals surface area contributed by atoms with Crippen LogP contribution in [0.4, 0.5) is 5.69 Å². The molecular weight excluding hydrogens is 545 g/mol. The molecule has 0 bridgehead atoms. The van der Waals surface area contributed by atoms with E-state index in [1.54, 1.807) is 42.5 Å². The van der Waals surface area contributed by atoms with Crippen LogP contribution in [-0.2, 0) is 20.6 Å². The lowest BCUT2D eigenvalue weighted by Gasteiger charge is -2.31. The monoisotopic (exact) mass is 573 g/mol. The zero-order chi connectivity index (χ0) is 27.3. The molecule has 0 radical (unpaired) electrons. The van der Waals surface area contributed by atoms with Crippen LogP contribution in [0.15, 0.2) is 72.8 Å². The van der Waals surface area contributed by atoms with Crippen LogP contribution in [0.1, 0.15) is 47.3 Å². The molecule has 1 heterocycles. The molecule has 3 aromatic rings. The number of carbonyl (C=O) groups is 2. The summed E-state index contributed by atoms with van der Waals surface area (Å²) in [5.41, 5.74) is 2.12. The molecule has 1 atom stereocenters. The normalized spacial score (nSPS) is 15.6. The molecular formula is C28H29Cl2N3O4S. The maximum absolute atomic E-state index is 13.1. The summed E-state index contributed by atoms with van der Waals surface area (Å²) >= 11 is 12.3. The molecule has 38 heavy (non-hydrogen) atoms. The first-order valence-electron chi connectivity index (χ1n) is 12.3. The summed E-state index contributed by atoms with van der Waals surface area (Å²) in [7, 11) is -3.66. The molecule has 4 rings (SSSR count). The zero-order valence-corrected chi connectivity index (χ0v) is 23.2. The fourth-order valence-electron chi connectivity index (χ4n) is 4.46. The molecule has 1 aliphatic rings. The molecule has 3 aromatic carbocycles. The van der Waals surface area contributed by atoms with Crippen LogP contribution in [0.5, 0.6) is 0 Å². The Morgan fingerprint density at radius 1 is 0.921 bits per heavy atom. The Hall–Kier alpha value is -2.91. The van der Waals surface area contributed by atoms with E-state index in [9.17, 15) is 18.0 Å². The van der Waals surface area contributed by atoms with E-state index in [1.807, 2.05) is 37.3 Å². The van der Waals surface area contributed by atoms with E-state index in [4.69, 9.17) is 23.2 Å². The van der Waals surface area contributed by atoms with Gasteiger partial charge in [-0.1, -0.05) is 71.7 Å². The molecule has 1 fully saturated rings. The quantitative estimate of drug-likeness (QED) is 0.363. The SMILES string of the molecule is CC(NC(=O)c1ccccc1NC(=O)C1CCN(S(=O)(=O)Cc2c(Cl)cccc2Cl)CC1)c1ccccc1. The predicted molar refractivity (Wildman–Crippen MR) is 151 cm³/mol. The zero-order valence-electron chi connectivity index (χ0n) is 20.9. The first-order valence-corrected chi connectivity index (χ1v) is 14.7. The fraction of sp³-hybridized carbons (Fsp3) is 0.286. The number of nitrogens with one attached hydrogen (secondary N) is 2. The maximum Gasteiger partial charge on any atom is 0.253 e. The van der Waals surface area contributed by atoms with Gasteiger partial charge in [-0.3, -0.25) is 9.59 Å². The third kappa shape index (κ3) is 6.74. The van der Waals surface area contributed by atoms with E-state index in [2.05, 4.69) is 10.6 Å². The highest BCUT2D eigenvalue weighted by Crippen LogP contribution is 2.29.